The van der Waals surface area contributed by atoms with E-state index in [1.54, 1.807) is 0 Å². The molecule has 31 heavy (non-hydrogen) atoms. The van der Waals surface area contributed by atoms with Crippen LogP contribution in [0.1, 0.15) is 22.6 Å². The van der Waals surface area contributed by atoms with Crippen molar-refractivity contribution in [2.75, 3.05) is 11.9 Å². The van der Waals surface area contributed by atoms with Crippen LogP contribution in [0.25, 0.3) is 11.1 Å². The van der Waals surface area contributed by atoms with E-state index in [2.05, 4.69) is 5.32 Å². The molecule has 0 fully saturated rings. The number of carboxylic acids is 1. The van der Waals surface area contributed by atoms with Gasteiger partial charge in [-0.05, 0) is 45.4 Å². The van der Waals surface area contributed by atoms with Crippen LogP contribution in [-0.2, 0) is 16.0 Å². The van der Waals surface area contributed by atoms with E-state index in [1.165, 1.54) is 18.2 Å². The second-order valence-corrected chi connectivity index (χ2v) is 7.36. The predicted molar refractivity (Wildman–Crippen MR) is 116 cm³/mol. The normalized spacial score (nSPS) is 12.1. The van der Waals surface area contributed by atoms with Crippen molar-refractivity contribution in [1.82, 2.24) is 0 Å². The second-order valence-electron chi connectivity index (χ2n) is 7.36. The Bertz CT molecular complexity index is 1100. The third-order valence-corrected chi connectivity index (χ3v) is 5.26. The number of benzene rings is 3. The molecule has 0 atom stereocenters. The molecule has 3 aromatic rings. The highest BCUT2D eigenvalue weighted by molar-refractivity contribution is 6.58. The molecule has 1 aliphatic carbocycles. The number of ether oxygens (including phenoxy) is 1. The van der Waals surface area contributed by atoms with Gasteiger partial charge in [-0.3, -0.25) is 10.1 Å². The van der Waals surface area contributed by atoms with Gasteiger partial charge in [0.15, 0.2) is 0 Å². The van der Waals surface area contributed by atoms with Crippen LogP contribution in [0.4, 0.5) is 10.5 Å². The van der Waals surface area contributed by atoms with Gasteiger partial charge in [0.05, 0.1) is 6.42 Å². The van der Waals surface area contributed by atoms with Gasteiger partial charge in [0, 0.05) is 11.6 Å². The summed E-state index contributed by atoms with van der Waals surface area (Å²) >= 11 is 0. The number of aliphatic carboxylic acids is 1. The first-order chi connectivity index (χ1) is 14.9. The van der Waals surface area contributed by atoms with E-state index in [-0.39, 0.29) is 30.1 Å². The number of hydrogen-bond donors (Lipinski definition) is 4. The van der Waals surface area contributed by atoms with Crippen molar-refractivity contribution >= 4 is 30.3 Å². The first-order valence-corrected chi connectivity index (χ1v) is 9.76. The van der Waals surface area contributed by atoms with Crippen LogP contribution in [0, 0.1) is 0 Å². The van der Waals surface area contributed by atoms with E-state index >= 15 is 0 Å². The molecule has 0 saturated carbocycles. The lowest BCUT2D eigenvalue weighted by molar-refractivity contribution is -0.136. The van der Waals surface area contributed by atoms with Crippen LogP contribution in [0.2, 0.25) is 0 Å². The number of nitrogens with one attached hydrogen (secondary N) is 1. The van der Waals surface area contributed by atoms with Gasteiger partial charge in [-0.2, -0.15) is 0 Å². The van der Waals surface area contributed by atoms with Crippen molar-refractivity contribution in [3.63, 3.8) is 0 Å². The molecule has 8 heteroatoms. The van der Waals surface area contributed by atoms with Crippen LogP contribution >= 0.6 is 0 Å². The van der Waals surface area contributed by atoms with Crippen molar-refractivity contribution < 1.29 is 29.5 Å². The zero-order valence-corrected chi connectivity index (χ0v) is 16.5. The van der Waals surface area contributed by atoms with Crippen LogP contribution in [-0.4, -0.2) is 40.9 Å². The van der Waals surface area contributed by atoms with Gasteiger partial charge in [0.25, 0.3) is 0 Å². The molecule has 0 heterocycles. The van der Waals surface area contributed by atoms with Crippen LogP contribution in [0.3, 0.4) is 0 Å². The maximum absolute atomic E-state index is 12.4. The Morgan fingerprint density at radius 3 is 2.13 bits per heavy atom. The Labute approximate surface area is 179 Å². The summed E-state index contributed by atoms with van der Waals surface area (Å²) in [4.78, 5) is 23.4. The standard InChI is InChI=1S/C23H20BNO6/c26-22(27)11-14-9-15(24(29)30)12-16(10-14)25-23(28)31-13-21-19-7-3-1-5-17(19)18-6-2-4-8-20(18)21/h1-10,12,21,29-30H,11,13H2,(H,25,28)(H,26,27). The molecule has 4 N–H and O–H groups in total. The third-order valence-electron chi connectivity index (χ3n) is 5.26. The van der Waals surface area contributed by atoms with Crippen molar-refractivity contribution in [1.29, 1.82) is 0 Å². The second kappa shape index (κ2) is 8.63. The number of rotatable bonds is 6. The topological polar surface area (TPSA) is 116 Å². The average molecular weight is 417 g/mol. The number of carbonyl (C=O) groups excluding carboxylic acids is 1. The highest BCUT2D eigenvalue weighted by Gasteiger charge is 2.29. The van der Waals surface area contributed by atoms with E-state index in [0.29, 0.717) is 5.56 Å². The molecule has 0 saturated heterocycles. The number of anilines is 1. The minimum atomic E-state index is -1.79. The summed E-state index contributed by atoms with van der Waals surface area (Å²) in [7, 11) is -1.79. The molecule has 4 rings (SSSR count). The first-order valence-electron chi connectivity index (χ1n) is 9.76. The minimum absolute atomic E-state index is 0.0766. The molecule has 156 valence electrons. The number of carboxylic acid groups (broad SMARTS) is 1. The molecule has 0 unspecified atom stereocenters. The van der Waals surface area contributed by atoms with Gasteiger partial charge in [-0.15, -0.1) is 0 Å². The van der Waals surface area contributed by atoms with Crippen molar-refractivity contribution in [2.24, 2.45) is 0 Å². The van der Waals surface area contributed by atoms with Crippen molar-refractivity contribution in [3.8, 4) is 11.1 Å². The number of carbonyl (C=O) groups is 2. The van der Waals surface area contributed by atoms with Crippen molar-refractivity contribution in [3.05, 3.63) is 83.4 Å². The van der Waals surface area contributed by atoms with Gasteiger partial charge in [0.1, 0.15) is 6.61 Å². The average Bonchev–Trinajstić information content (AvgIpc) is 3.05. The van der Waals surface area contributed by atoms with Crippen LogP contribution in [0.5, 0.6) is 0 Å². The summed E-state index contributed by atoms with van der Waals surface area (Å²) in [6.07, 6.45) is -1.03. The quantitative estimate of drug-likeness (QED) is 0.458. The highest BCUT2D eigenvalue weighted by Crippen LogP contribution is 2.44. The van der Waals surface area contributed by atoms with Crippen molar-refractivity contribution in [2.45, 2.75) is 12.3 Å². The molecular weight excluding hydrogens is 397 g/mol. The van der Waals surface area contributed by atoms with Gasteiger partial charge in [0.2, 0.25) is 0 Å². The Morgan fingerprint density at radius 1 is 0.935 bits per heavy atom. The van der Waals surface area contributed by atoms with E-state index in [4.69, 9.17) is 9.84 Å². The predicted octanol–water partition coefficient (Wildman–Crippen LogP) is 2.35. The maximum Gasteiger partial charge on any atom is 0.488 e. The molecule has 0 spiro atoms. The van der Waals surface area contributed by atoms with Crippen LogP contribution < -0.4 is 10.8 Å². The third kappa shape index (κ3) is 4.45. The fourth-order valence-corrected chi connectivity index (χ4v) is 3.97. The summed E-state index contributed by atoms with van der Waals surface area (Å²) in [6, 6.07) is 20.2. The molecule has 7 nitrogen and oxygen atoms in total. The monoisotopic (exact) mass is 417 g/mol. The number of fused-ring (bicyclic) bond motifs is 3. The molecule has 0 radical (unpaired) electrons. The smallest absolute Gasteiger partial charge is 0.481 e. The van der Waals surface area contributed by atoms with Gasteiger partial charge in [-0.25, -0.2) is 4.79 Å². The largest absolute Gasteiger partial charge is 0.488 e. The lowest BCUT2D eigenvalue weighted by atomic mass is 9.79. The zero-order chi connectivity index (χ0) is 22.0. The Kier molecular flexibility index (Phi) is 5.75. The van der Waals surface area contributed by atoms with E-state index in [9.17, 15) is 19.6 Å². The van der Waals surface area contributed by atoms with Gasteiger partial charge < -0.3 is 19.9 Å². The lowest BCUT2D eigenvalue weighted by Gasteiger charge is -2.15. The van der Waals surface area contributed by atoms with E-state index in [1.807, 2.05) is 48.5 Å². The Morgan fingerprint density at radius 2 is 1.55 bits per heavy atom. The molecule has 1 amide bonds. The highest BCUT2D eigenvalue weighted by atomic mass is 16.5. The van der Waals surface area contributed by atoms with Crippen LogP contribution in [0.15, 0.2) is 66.7 Å². The Hall–Kier alpha value is -3.62. The van der Waals surface area contributed by atoms with E-state index in [0.717, 1.165) is 22.3 Å². The molecule has 1 aliphatic rings. The molecule has 3 aromatic carbocycles. The SMILES string of the molecule is O=C(O)Cc1cc(NC(=O)OCC2c3ccccc3-c3ccccc32)cc(B(O)O)c1. The molecule has 0 bridgehead atoms. The molecular formula is C23H20BNO6. The summed E-state index contributed by atoms with van der Waals surface area (Å²) in [5.74, 6) is -1.16. The summed E-state index contributed by atoms with van der Waals surface area (Å²) in [6.45, 7) is 0.129. The molecule has 0 aromatic heterocycles. The fraction of sp³-hybridized carbons (Fsp3) is 0.130. The molecule has 0 aliphatic heterocycles. The summed E-state index contributed by atoms with van der Waals surface area (Å²) in [5.41, 5.74) is 5.04. The Balaban J connectivity index is 1.49. The number of amides is 1. The summed E-state index contributed by atoms with van der Waals surface area (Å²) < 4.78 is 5.47. The zero-order valence-electron chi connectivity index (χ0n) is 16.5. The van der Waals surface area contributed by atoms with E-state index < -0.39 is 19.2 Å². The minimum Gasteiger partial charge on any atom is -0.481 e. The lowest BCUT2D eigenvalue weighted by Crippen LogP contribution is -2.31. The van der Waals surface area contributed by atoms with Gasteiger partial charge >= 0.3 is 19.2 Å². The van der Waals surface area contributed by atoms with Gasteiger partial charge in [-0.1, -0.05) is 54.6 Å². The number of hydrogen-bond acceptors (Lipinski definition) is 5. The fourth-order valence-electron chi connectivity index (χ4n) is 3.97. The maximum atomic E-state index is 12.4. The summed E-state index contributed by atoms with van der Waals surface area (Å²) in [5, 5.41) is 30.4. The first kappa shape index (κ1) is 20.6.